The molecule has 1 aliphatic heterocycles. The zero-order chi connectivity index (χ0) is 7.03. The SMILES string of the molecule is OC1CCC2(CCC2)OC1. The molecule has 1 heterocycles. The Labute approximate surface area is 61.2 Å². The minimum absolute atomic E-state index is 0.189. The highest BCUT2D eigenvalue weighted by Crippen LogP contribution is 2.42. The van der Waals surface area contributed by atoms with Crippen molar-refractivity contribution in [3.63, 3.8) is 0 Å². The smallest absolute Gasteiger partial charge is 0.0775 e. The fraction of sp³-hybridized carbons (Fsp3) is 1.00. The van der Waals surface area contributed by atoms with Gasteiger partial charge in [-0.05, 0) is 32.1 Å². The Morgan fingerprint density at radius 3 is 2.50 bits per heavy atom. The van der Waals surface area contributed by atoms with Gasteiger partial charge in [0.1, 0.15) is 0 Å². The molecule has 1 saturated heterocycles. The maximum atomic E-state index is 9.14. The van der Waals surface area contributed by atoms with Crippen LogP contribution in [0.3, 0.4) is 0 Å². The van der Waals surface area contributed by atoms with Crippen LogP contribution in [0.5, 0.6) is 0 Å². The van der Waals surface area contributed by atoms with Gasteiger partial charge in [-0.15, -0.1) is 0 Å². The Hall–Kier alpha value is -0.0800. The standard InChI is InChI=1S/C8H14O2/c9-7-2-5-8(10-6-7)3-1-4-8/h7,9H,1-6H2. The van der Waals surface area contributed by atoms with Crippen molar-refractivity contribution in [3.05, 3.63) is 0 Å². The van der Waals surface area contributed by atoms with Crippen molar-refractivity contribution in [1.82, 2.24) is 0 Å². The van der Waals surface area contributed by atoms with Crippen molar-refractivity contribution in [1.29, 1.82) is 0 Å². The van der Waals surface area contributed by atoms with Gasteiger partial charge in [-0.3, -0.25) is 0 Å². The van der Waals surface area contributed by atoms with Crippen LogP contribution in [0.2, 0.25) is 0 Å². The van der Waals surface area contributed by atoms with E-state index in [1.807, 2.05) is 0 Å². The second-order valence-corrected chi connectivity index (χ2v) is 3.54. The van der Waals surface area contributed by atoms with Crippen LogP contribution < -0.4 is 0 Å². The summed E-state index contributed by atoms with van der Waals surface area (Å²) < 4.78 is 5.56. The van der Waals surface area contributed by atoms with Crippen molar-refractivity contribution < 1.29 is 9.84 Å². The summed E-state index contributed by atoms with van der Waals surface area (Å²) in [5.74, 6) is 0. The van der Waals surface area contributed by atoms with Gasteiger partial charge in [0.15, 0.2) is 0 Å². The fourth-order valence-electron chi connectivity index (χ4n) is 1.82. The highest BCUT2D eigenvalue weighted by molar-refractivity contribution is 4.92. The van der Waals surface area contributed by atoms with Gasteiger partial charge >= 0.3 is 0 Å². The third-order valence-electron chi connectivity index (χ3n) is 2.78. The summed E-state index contributed by atoms with van der Waals surface area (Å²) >= 11 is 0. The molecular weight excluding hydrogens is 128 g/mol. The maximum Gasteiger partial charge on any atom is 0.0775 e. The van der Waals surface area contributed by atoms with Crippen LogP contribution in [0.15, 0.2) is 0 Å². The lowest BCUT2D eigenvalue weighted by Gasteiger charge is -2.45. The van der Waals surface area contributed by atoms with Crippen molar-refractivity contribution >= 4 is 0 Å². The molecule has 2 heteroatoms. The molecule has 1 saturated carbocycles. The van der Waals surface area contributed by atoms with Crippen molar-refractivity contribution in [2.75, 3.05) is 6.61 Å². The van der Waals surface area contributed by atoms with Crippen LogP contribution >= 0.6 is 0 Å². The maximum absolute atomic E-state index is 9.14. The Morgan fingerprint density at radius 1 is 1.30 bits per heavy atom. The van der Waals surface area contributed by atoms with Gasteiger partial charge in [0.25, 0.3) is 0 Å². The summed E-state index contributed by atoms with van der Waals surface area (Å²) in [6.45, 7) is 0.569. The van der Waals surface area contributed by atoms with Crippen LogP contribution in [0.4, 0.5) is 0 Å². The van der Waals surface area contributed by atoms with E-state index in [9.17, 15) is 0 Å². The third-order valence-corrected chi connectivity index (χ3v) is 2.78. The molecule has 0 amide bonds. The van der Waals surface area contributed by atoms with Gasteiger partial charge in [-0.2, -0.15) is 0 Å². The van der Waals surface area contributed by atoms with E-state index in [4.69, 9.17) is 9.84 Å². The number of hydrogen-bond donors (Lipinski definition) is 1. The van der Waals surface area contributed by atoms with Gasteiger partial charge in [-0.25, -0.2) is 0 Å². The lowest BCUT2D eigenvalue weighted by molar-refractivity contribution is -0.161. The van der Waals surface area contributed by atoms with Crippen LogP contribution in [-0.2, 0) is 4.74 Å². The van der Waals surface area contributed by atoms with Gasteiger partial charge < -0.3 is 9.84 Å². The molecule has 2 aliphatic rings. The summed E-state index contributed by atoms with van der Waals surface area (Å²) in [5, 5.41) is 9.14. The normalized spacial score (nSPS) is 37.5. The molecule has 10 heavy (non-hydrogen) atoms. The third kappa shape index (κ3) is 0.956. The summed E-state index contributed by atoms with van der Waals surface area (Å²) in [6, 6.07) is 0. The zero-order valence-corrected chi connectivity index (χ0v) is 6.18. The number of rotatable bonds is 0. The van der Waals surface area contributed by atoms with Crippen molar-refractivity contribution in [3.8, 4) is 0 Å². The summed E-state index contributed by atoms with van der Waals surface area (Å²) in [6.07, 6.45) is 5.59. The largest absolute Gasteiger partial charge is 0.391 e. The Bertz CT molecular complexity index is 119. The summed E-state index contributed by atoms with van der Waals surface area (Å²) in [7, 11) is 0. The summed E-state index contributed by atoms with van der Waals surface area (Å²) in [5.41, 5.74) is 0.221. The van der Waals surface area contributed by atoms with Crippen LogP contribution in [0, 0.1) is 0 Å². The number of aliphatic hydroxyl groups excluding tert-OH is 1. The van der Waals surface area contributed by atoms with E-state index < -0.39 is 0 Å². The highest BCUT2D eigenvalue weighted by atomic mass is 16.5. The van der Waals surface area contributed by atoms with Gasteiger partial charge in [0.2, 0.25) is 0 Å². The molecule has 2 fully saturated rings. The van der Waals surface area contributed by atoms with E-state index in [1.54, 1.807) is 0 Å². The molecule has 1 aliphatic carbocycles. The molecule has 0 aromatic heterocycles. The molecule has 0 radical (unpaired) electrons. The number of ether oxygens (including phenoxy) is 1. The molecule has 1 atom stereocenters. The molecule has 2 nitrogen and oxygen atoms in total. The first-order valence-corrected chi connectivity index (χ1v) is 4.13. The molecule has 1 spiro atoms. The average molecular weight is 142 g/mol. The first-order valence-electron chi connectivity index (χ1n) is 4.13. The number of hydrogen-bond acceptors (Lipinski definition) is 2. The quantitative estimate of drug-likeness (QED) is 0.548. The zero-order valence-electron chi connectivity index (χ0n) is 6.18. The minimum atomic E-state index is -0.189. The van der Waals surface area contributed by atoms with Crippen LogP contribution in [0.1, 0.15) is 32.1 Å². The molecule has 58 valence electrons. The molecule has 0 aromatic rings. The molecule has 1 unspecified atom stereocenters. The lowest BCUT2D eigenvalue weighted by Crippen LogP contribution is -2.46. The first-order chi connectivity index (χ1) is 4.81. The predicted molar refractivity (Wildman–Crippen MR) is 37.8 cm³/mol. The predicted octanol–water partition coefficient (Wildman–Crippen LogP) is 1.08. The topological polar surface area (TPSA) is 29.5 Å². The van der Waals surface area contributed by atoms with E-state index in [1.165, 1.54) is 19.3 Å². The van der Waals surface area contributed by atoms with E-state index in [0.29, 0.717) is 6.61 Å². The van der Waals surface area contributed by atoms with Gasteiger partial charge in [-0.1, -0.05) is 0 Å². The van der Waals surface area contributed by atoms with Crippen LogP contribution in [0.25, 0.3) is 0 Å². The highest BCUT2D eigenvalue weighted by Gasteiger charge is 2.40. The second-order valence-electron chi connectivity index (χ2n) is 3.54. The van der Waals surface area contributed by atoms with E-state index in [2.05, 4.69) is 0 Å². The van der Waals surface area contributed by atoms with E-state index in [-0.39, 0.29) is 11.7 Å². The van der Waals surface area contributed by atoms with Crippen molar-refractivity contribution in [2.24, 2.45) is 0 Å². The molecular formula is C8H14O2. The molecule has 0 bridgehead atoms. The Morgan fingerprint density at radius 2 is 2.10 bits per heavy atom. The minimum Gasteiger partial charge on any atom is -0.391 e. The van der Waals surface area contributed by atoms with Gasteiger partial charge in [0.05, 0.1) is 18.3 Å². The second kappa shape index (κ2) is 2.21. The summed E-state index contributed by atoms with van der Waals surface area (Å²) in [4.78, 5) is 0. The van der Waals surface area contributed by atoms with E-state index in [0.717, 1.165) is 12.8 Å². The van der Waals surface area contributed by atoms with Crippen molar-refractivity contribution in [2.45, 2.75) is 43.8 Å². The Balaban J connectivity index is 1.90. The monoisotopic (exact) mass is 142 g/mol. The first kappa shape index (κ1) is 6.62. The van der Waals surface area contributed by atoms with Crippen LogP contribution in [-0.4, -0.2) is 23.4 Å². The Kier molecular flexibility index (Phi) is 1.46. The van der Waals surface area contributed by atoms with E-state index >= 15 is 0 Å². The number of aliphatic hydroxyl groups is 1. The lowest BCUT2D eigenvalue weighted by atomic mass is 9.75. The van der Waals surface area contributed by atoms with Gasteiger partial charge in [0, 0.05) is 0 Å². The fourth-order valence-corrected chi connectivity index (χ4v) is 1.82. The average Bonchev–Trinajstić information content (AvgIpc) is 1.86. The molecule has 0 aromatic carbocycles. The molecule has 2 rings (SSSR count). The molecule has 1 N–H and O–H groups in total.